The van der Waals surface area contributed by atoms with Crippen LogP contribution in [-0.4, -0.2) is 11.7 Å². The molecule has 0 aliphatic rings. The van der Waals surface area contributed by atoms with E-state index in [4.69, 9.17) is 4.74 Å². The Morgan fingerprint density at radius 2 is 1.89 bits per heavy atom. The van der Waals surface area contributed by atoms with Gasteiger partial charge in [0.25, 0.3) is 0 Å². The molecule has 2 aromatic carbocycles. The molecule has 2 aromatic rings. The van der Waals surface area contributed by atoms with E-state index in [1.807, 2.05) is 19.1 Å². The van der Waals surface area contributed by atoms with Crippen LogP contribution in [0.4, 0.5) is 4.39 Å². The van der Waals surface area contributed by atoms with E-state index in [1.165, 1.54) is 6.07 Å². The van der Waals surface area contributed by atoms with Gasteiger partial charge in [-0.3, -0.25) is 0 Å². The first-order valence-corrected chi connectivity index (χ1v) is 6.28. The number of aryl methyl sites for hydroxylation is 1. The van der Waals surface area contributed by atoms with E-state index >= 15 is 0 Å². The van der Waals surface area contributed by atoms with Crippen LogP contribution in [0.5, 0.6) is 5.75 Å². The summed E-state index contributed by atoms with van der Waals surface area (Å²) >= 11 is 0. The summed E-state index contributed by atoms with van der Waals surface area (Å²) in [5, 5.41) is 10.3. The van der Waals surface area contributed by atoms with Crippen LogP contribution in [0.2, 0.25) is 0 Å². The van der Waals surface area contributed by atoms with E-state index in [1.54, 1.807) is 31.2 Å². The van der Waals surface area contributed by atoms with Crippen LogP contribution in [0.15, 0.2) is 42.5 Å². The molecular weight excluding hydrogens is 243 g/mol. The van der Waals surface area contributed by atoms with Crippen molar-refractivity contribution in [1.82, 2.24) is 0 Å². The molecule has 0 heterocycles. The molecule has 0 radical (unpaired) electrons. The van der Waals surface area contributed by atoms with Crippen molar-refractivity contribution in [2.45, 2.75) is 20.0 Å². The topological polar surface area (TPSA) is 29.5 Å². The van der Waals surface area contributed by atoms with Crippen LogP contribution >= 0.6 is 0 Å². The van der Waals surface area contributed by atoms with Gasteiger partial charge in [-0.05, 0) is 48.7 Å². The molecule has 0 aliphatic carbocycles. The highest BCUT2D eigenvalue weighted by Crippen LogP contribution is 2.26. The lowest BCUT2D eigenvalue weighted by molar-refractivity contribution is 0.219. The standard InChI is InChI=1S/C16H17FO2/c1-3-19-14-6-4-5-12(9-14)16(18)13-8-7-11(2)15(17)10-13/h4-10,16,18H,3H2,1-2H3. The van der Waals surface area contributed by atoms with Gasteiger partial charge in [-0.2, -0.15) is 0 Å². The first kappa shape index (κ1) is 13.6. The van der Waals surface area contributed by atoms with Crippen LogP contribution in [0.3, 0.4) is 0 Å². The maximum absolute atomic E-state index is 13.5. The Hall–Kier alpha value is -1.87. The Labute approximate surface area is 112 Å². The molecule has 0 amide bonds. The summed E-state index contributed by atoms with van der Waals surface area (Å²) < 4.78 is 18.9. The van der Waals surface area contributed by atoms with Crippen molar-refractivity contribution in [2.75, 3.05) is 6.61 Å². The highest BCUT2D eigenvalue weighted by molar-refractivity contribution is 5.36. The van der Waals surface area contributed by atoms with Crippen LogP contribution in [-0.2, 0) is 0 Å². The minimum absolute atomic E-state index is 0.308. The van der Waals surface area contributed by atoms with Crippen LogP contribution < -0.4 is 4.74 Å². The number of aliphatic hydroxyl groups is 1. The highest BCUT2D eigenvalue weighted by Gasteiger charge is 2.12. The van der Waals surface area contributed by atoms with Gasteiger partial charge in [-0.1, -0.05) is 24.3 Å². The van der Waals surface area contributed by atoms with Crippen molar-refractivity contribution in [2.24, 2.45) is 0 Å². The Kier molecular flexibility index (Phi) is 4.17. The van der Waals surface area contributed by atoms with E-state index in [2.05, 4.69) is 0 Å². The molecule has 2 nitrogen and oxygen atoms in total. The largest absolute Gasteiger partial charge is 0.494 e. The van der Waals surface area contributed by atoms with Gasteiger partial charge >= 0.3 is 0 Å². The minimum Gasteiger partial charge on any atom is -0.494 e. The van der Waals surface area contributed by atoms with Crippen molar-refractivity contribution in [3.05, 3.63) is 65.0 Å². The third-order valence-corrected chi connectivity index (χ3v) is 3.00. The summed E-state index contributed by atoms with van der Waals surface area (Å²) in [4.78, 5) is 0. The normalized spacial score (nSPS) is 12.2. The van der Waals surface area contributed by atoms with Gasteiger partial charge < -0.3 is 9.84 Å². The zero-order chi connectivity index (χ0) is 13.8. The van der Waals surface area contributed by atoms with E-state index in [9.17, 15) is 9.50 Å². The lowest BCUT2D eigenvalue weighted by atomic mass is 10.00. The maximum Gasteiger partial charge on any atom is 0.126 e. The molecule has 0 saturated heterocycles. The Balaban J connectivity index is 2.29. The fourth-order valence-corrected chi connectivity index (χ4v) is 1.91. The molecule has 3 heteroatoms. The van der Waals surface area contributed by atoms with Crippen molar-refractivity contribution in [3.63, 3.8) is 0 Å². The van der Waals surface area contributed by atoms with E-state index < -0.39 is 6.10 Å². The summed E-state index contributed by atoms with van der Waals surface area (Å²) in [5.41, 5.74) is 1.80. The molecule has 0 spiro atoms. The number of hydrogen-bond acceptors (Lipinski definition) is 2. The third-order valence-electron chi connectivity index (χ3n) is 3.00. The molecule has 0 aromatic heterocycles. The molecule has 1 N–H and O–H groups in total. The number of halogens is 1. The third kappa shape index (κ3) is 3.12. The van der Waals surface area contributed by atoms with Gasteiger partial charge in [0.2, 0.25) is 0 Å². The second-order valence-electron chi connectivity index (χ2n) is 4.42. The summed E-state index contributed by atoms with van der Waals surface area (Å²) in [6.45, 7) is 4.17. The summed E-state index contributed by atoms with van der Waals surface area (Å²) in [6.07, 6.45) is -0.851. The van der Waals surface area contributed by atoms with Crippen molar-refractivity contribution in [1.29, 1.82) is 0 Å². The smallest absolute Gasteiger partial charge is 0.126 e. The van der Waals surface area contributed by atoms with Crippen molar-refractivity contribution >= 4 is 0 Å². The quantitative estimate of drug-likeness (QED) is 0.909. The first-order valence-electron chi connectivity index (χ1n) is 6.28. The second kappa shape index (κ2) is 5.85. The Morgan fingerprint density at radius 3 is 2.58 bits per heavy atom. The molecule has 0 bridgehead atoms. The van der Waals surface area contributed by atoms with E-state index in [0.29, 0.717) is 29.0 Å². The number of benzene rings is 2. The predicted octanol–water partition coefficient (Wildman–Crippen LogP) is 3.61. The fraction of sp³-hybridized carbons (Fsp3) is 0.250. The zero-order valence-corrected chi connectivity index (χ0v) is 11.1. The molecule has 2 rings (SSSR count). The highest BCUT2D eigenvalue weighted by atomic mass is 19.1. The number of aliphatic hydroxyl groups excluding tert-OH is 1. The molecule has 100 valence electrons. The van der Waals surface area contributed by atoms with Crippen molar-refractivity contribution in [3.8, 4) is 5.75 Å². The maximum atomic E-state index is 13.5. The number of hydrogen-bond donors (Lipinski definition) is 1. The molecule has 1 unspecified atom stereocenters. The van der Waals surface area contributed by atoms with Gasteiger partial charge in [0, 0.05) is 0 Å². The van der Waals surface area contributed by atoms with E-state index in [0.717, 1.165) is 0 Å². The lowest BCUT2D eigenvalue weighted by Gasteiger charge is -2.13. The summed E-state index contributed by atoms with van der Waals surface area (Å²) in [5.74, 6) is 0.393. The molecule has 0 saturated carbocycles. The molecule has 19 heavy (non-hydrogen) atoms. The predicted molar refractivity (Wildman–Crippen MR) is 72.8 cm³/mol. The Morgan fingerprint density at radius 1 is 1.16 bits per heavy atom. The van der Waals surface area contributed by atoms with Crippen LogP contribution in [0.1, 0.15) is 29.7 Å². The summed E-state index contributed by atoms with van der Waals surface area (Å²) in [7, 11) is 0. The average molecular weight is 260 g/mol. The SMILES string of the molecule is CCOc1cccc(C(O)c2ccc(C)c(F)c2)c1. The second-order valence-corrected chi connectivity index (χ2v) is 4.42. The lowest BCUT2D eigenvalue weighted by Crippen LogP contribution is -2.01. The number of rotatable bonds is 4. The van der Waals surface area contributed by atoms with Gasteiger partial charge in [0.05, 0.1) is 6.61 Å². The molecule has 1 atom stereocenters. The summed E-state index contributed by atoms with van der Waals surface area (Å²) in [6, 6.07) is 12.0. The van der Waals surface area contributed by atoms with Gasteiger partial charge in [0.1, 0.15) is 17.7 Å². The molecule has 0 fully saturated rings. The average Bonchev–Trinajstić information content (AvgIpc) is 2.42. The first-order chi connectivity index (χ1) is 9.11. The number of ether oxygens (including phenoxy) is 1. The zero-order valence-electron chi connectivity index (χ0n) is 11.1. The van der Waals surface area contributed by atoms with E-state index in [-0.39, 0.29) is 5.82 Å². The van der Waals surface area contributed by atoms with Gasteiger partial charge in [0.15, 0.2) is 0 Å². The van der Waals surface area contributed by atoms with Gasteiger partial charge in [-0.25, -0.2) is 4.39 Å². The molecule has 0 aliphatic heterocycles. The minimum atomic E-state index is -0.851. The van der Waals surface area contributed by atoms with Crippen molar-refractivity contribution < 1.29 is 14.2 Å². The molecular formula is C16H17FO2. The van der Waals surface area contributed by atoms with Crippen LogP contribution in [0, 0.1) is 12.7 Å². The fourth-order valence-electron chi connectivity index (χ4n) is 1.91. The monoisotopic (exact) mass is 260 g/mol. The van der Waals surface area contributed by atoms with Gasteiger partial charge in [-0.15, -0.1) is 0 Å². The van der Waals surface area contributed by atoms with Crippen LogP contribution in [0.25, 0.3) is 0 Å². The Bertz CT molecular complexity index is 566.